The topological polar surface area (TPSA) is 99.2 Å². The van der Waals surface area contributed by atoms with E-state index < -0.39 is 10.0 Å². The van der Waals surface area contributed by atoms with Gasteiger partial charge in [0.25, 0.3) is 0 Å². The number of anilines is 1. The van der Waals surface area contributed by atoms with Crippen LogP contribution in [0.3, 0.4) is 0 Å². The first-order valence-corrected chi connectivity index (χ1v) is 7.87. The minimum Gasteiger partial charge on any atom is -0.385 e. The number of rotatable bonds is 7. The molecule has 0 amide bonds. The Hall–Kier alpha value is -1.12. The van der Waals surface area contributed by atoms with Gasteiger partial charge in [0.05, 0.1) is 5.69 Å². The van der Waals surface area contributed by atoms with Crippen LogP contribution in [0.25, 0.3) is 0 Å². The molecule has 20 heavy (non-hydrogen) atoms. The molecule has 0 bridgehead atoms. The summed E-state index contributed by atoms with van der Waals surface area (Å²) in [4.78, 5) is 0.0579. The molecule has 7 nitrogen and oxygen atoms in total. The Morgan fingerprint density at radius 1 is 1.45 bits per heavy atom. The fourth-order valence-electron chi connectivity index (χ4n) is 1.78. The van der Waals surface area contributed by atoms with Gasteiger partial charge in [0, 0.05) is 27.3 Å². The molecule has 1 aromatic rings. The van der Waals surface area contributed by atoms with Crippen molar-refractivity contribution in [2.45, 2.75) is 32.1 Å². The van der Waals surface area contributed by atoms with Crippen LogP contribution in [0, 0.1) is 12.3 Å². The third-order valence-corrected chi connectivity index (χ3v) is 4.86. The molecule has 0 unspecified atom stereocenters. The number of nitrogens with two attached hydrogens (primary N) is 1. The van der Waals surface area contributed by atoms with E-state index in [0.29, 0.717) is 18.8 Å². The predicted molar refractivity (Wildman–Crippen MR) is 77.8 cm³/mol. The van der Waals surface area contributed by atoms with Crippen LogP contribution in [-0.2, 0) is 21.8 Å². The summed E-state index contributed by atoms with van der Waals surface area (Å²) in [5, 5.41) is 3.93. The lowest BCUT2D eigenvalue weighted by Gasteiger charge is -2.24. The lowest BCUT2D eigenvalue weighted by molar-refractivity contribution is 0.153. The Morgan fingerprint density at radius 2 is 2.05 bits per heavy atom. The zero-order valence-corrected chi connectivity index (χ0v) is 13.5. The summed E-state index contributed by atoms with van der Waals surface area (Å²) in [6.45, 7) is 6.53. The average molecular weight is 304 g/mol. The number of methoxy groups -OCH3 is 1. The smallest absolute Gasteiger partial charge is 0.246 e. The van der Waals surface area contributed by atoms with E-state index in [2.05, 4.69) is 9.82 Å². The van der Waals surface area contributed by atoms with E-state index in [1.807, 2.05) is 13.8 Å². The third-order valence-electron chi connectivity index (χ3n) is 3.30. The molecule has 1 aromatic heterocycles. The summed E-state index contributed by atoms with van der Waals surface area (Å²) < 4.78 is 33.8. The fraction of sp³-hybridized carbons (Fsp3) is 0.750. The first-order valence-electron chi connectivity index (χ1n) is 6.38. The van der Waals surface area contributed by atoms with Crippen LogP contribution in [-0.4, -0.2) is 38.5 Å². The Balaban J connectivity index is 2.86. The van der Waals surface area contributed by atoms with Crippen LogP contribution in [0.2, 0.25) is 0 Å². The van der Waals surface area contributed by atoms with E-state index in [1.54, 1.807) is 21.1 Å². The van der Waals surface area contributed by atoms with Crippen molar-refractivity contribution in [3.63, 3.8) is 0 Å². The average Bonchev–Trinajstić information content (AvgIpc) is 2.59. The Kier molecular flexibility index (Phi) is 5.17. The maximum Gasteiger partial charge on any atom is 0.246 e. The van der Waals surface area contributed by atoms with Gasteiger partial charge in [-0.25, -0.2) is 13.1 Å². The Bertz CT molecular complexity index is 564. The van der Waals surface area contributed by atoms with Gasteiger partial charge in [0.1, 0.15) is 4.90 Å². The number of nitrogen functional groups attached to an aromatic ring is 1. The molecule has 0 aliphatic rings. The standard InChI is InChI=1S/C12H24N4O3S/c1-9-10(11(13)15-16(9)4)20(17,18)14-8-12(2,3)6-7-19-5/h14H,6-8H2,1-5H3,(H2,13,15). The number of aryl methyl sites for hydroxylation is 1. The van der Waals surface area contributed by atoms with E-state index in [4.69, 9.17) is 10.5 Å². The highest BCUT2D eigenvalue weighted by atomic mass is 32.2. The number of sulfonamides is 1. The highest BCUT2D eigenvalue weighted by Crippen LogP contribution is 2.23. The lowest BCUT2D eigenvalue weighted by Crippen LogP contribution is -2.35. The maximum absolute atomic E-state index is 12.3. The van der Waals surface area contributed by atoms with Crippen LogP contribution in [0.15, 0.2) is 4.90 Å². The number of nitrogens with zero attached hydrogens (tertiary/aromatic N) is 2. The van der Waals surface area contributed by atoms with Gasteiger partial charge in [0.15, 0.2) is 5.82 Å². The SMILES string of the molecule is COCCC(C)(C)CNS(=O)(=O)c1c(N)nn(C)c1C. The largest absolute Gasteiger partial charge is 0.385 e. The van der Waals surface area contributed by atoms with Gasteiger partial charge >= 0.3 is 0 Å². The molecular formula is C12H24N4O3S. The maximum atomic E-state index is 12.3. The normalized spacial score (nSPS) is 12.8. The van der Waals surface area contributed by atoms with Crippen molar-refractivity contribution in [2.75, 3.05) is 26.0 Å². The van der Waals surface area contributed by atoms with Gasteiger partial charge < -0.3 is 10.5 Å². The second-order valence-corrected chi connectivity index (χ2v) is 7.36. The quantitative estimate of drug-likeness (QED) is 0.770. The molecule has 0 aromatic carbocycles. The van der Waals surface area contributed by atoms with E-state index in [1.165, 1.54) is 4.68 Å². The zero-order valence-electron chi connectivity index (χ0n) is 12.7. The molecule has 0 saturated carbocycles. The molecule has 0 aliphatic carbocycles. The second kappa shape index (κ2) is 6.11. The Morgan fingerprint density at radius 3 is 2.50 bits per heavy atom. The van der Waals surface area contributed by atoms with Crippen LogP contribution < -0.4 is 10.5 Å². The third kappa shape index (κ3) is 3.94. The molecular weight excluding hydrogens is 280 g/mol. The summed E-state index contributed by atoms with van der Waals surface area (Å²) in [7, 11) is -0.373. The van der Waals surface area contributed by atoms with Crippen LogP contribution in [0.5, 0.6) is 0 Å². The number of hydrogen-bond donors (Lipinski definition) is 2. The molecule has 116 valence electrons. The van der Waals surface area contributed by atoms with Gasteiger partial charge in [-0.05, 0) is 18.8 Å². The first-order chi connectivity index (χ1) is 9.10. The summed E-state index contributed by atoms with van der Waals surface area (Å²) in [5.74, 6) is 0.0206. The van der Waals surface area contributed by atoms with Crippen molar-refractivity contribution in [1.29, 1.82) is 0 Å². The van der Waals surface area contributed by atoms with Gasteiger partial charge in [0.2, 0.25) is 10.0 Å². The first kappa shape index (κ1) is 16.9. The van der Waals surface area contributed by atoms with Crippen molar-refractivity contribution in [3.05, 3.63) is 5.69 Å². The summed E-state index contributed by atoms with van der Waals surface area (Å²) in [5.41, 5.74) is 5.99. The molecule has 8 heteroatoms. The summed E-state index contributed by atoms with van der Waals surface area (Å²) in [6.07, 6.45) is 0.757. The highest BCUT2D eigenvalue weighted by Gasteiger charge is 2.27. The minimum atomic E-state index is -3.66. The Labute approximate surface area is 120 Å². The fourth-order valence-corrected chi connectivity index (χ4v) is 3.34. The number of hydrogen-bond acceptors (Lipinski definition) is 5. The molecule has 0 saturated heterocycles. The van der Waals surface area contributed by atoms with Crippen molar-refractivity contribution in [1.82, 2.24) is 14.5 Å². The molecule has 1 rings (SSSR count). The number of ether oxygens (including phenoxy) is 1. The van der Waals surface area contributed by atoms with Crippen molar-refractivity contribution >= 4 is 15.8 Å². The summed E-state index contributed by atoms with van der Waals surface area (Å²) >= 11 is 0. The molecule has 1 heterocycles. The molecule has 0 fully saturated rings. The molecule has 0 atom stereocenters. The van der Waals surface area contributed by atoms with Crippen molar-refractivity contribution < 1.29 is 13.2 Å². The van der Waals surface area contributed by atoms with Crippen molar-refractivity contribution in [2.24, 2.45) is 12.5 Å². The summed E-state index contributed by atoms with van der Waals surface area (Å²) in [6, 6.07) is 0. The number of nitrogens with one attached hydrogen (secondary N) is 1. The van der Waals surface area contributed by atoms with Crippen LogP contribution >= 0.6 is 0 Å². The van der Waals surface area contributed by atoms with Gasteiger partial charge in [-0.1, -0.05) is 13.8 Å². The monoisotopic (exact) mass is 304 g/mol. The highest BCUT2D eigenvalue weighted by molar-refractivity contribution is 7.89. The van der Waals surface area contributed by atoms with Crippen molar-refractivity contribution in [3.8, 4) is 0 Å². The minimum absolute atomic E-state index is 0.0206. The molecule has 0 radical (unpaired) electrons. The van der Waals surface area contributed by atoms with E-state index in [0.717, 1.165) is 6.42 Å². The number of aromatic nitrogens is 2. The van der Waals surface area contributed by atoms with Crippen LogP contribution in [0.1, 0.15) is 26.0 Å². The zero-order chi connectivity index (χ0) is 15.6. The van der Waals surface area contributed by atoms with Gasteiger partial charge in [-0.2, -0.15) is 5.10 Å². The molecule has 0 aliphatic heterocycles. The lowest BCUT2D eigenvalue weighted by atomic mass is 9.90. The predicted octanol–water partition coefficient (Wildman–Crippen LogP) is 0.652. The van der Waals surface area contributed by atoms with Crippen LogP contribution in [0.4, 0.5) is 5.82 Å². The van der Waals surface area contributed by atoms with E-state index >= 15 is 0 Å². The second-order valence-electron chi connectivity index (χ2n) is 5.65. The van der Waals surface area contributed by atoms with Gasteiger partial charge in [-0.3, -0.25) is 4.68 Å². The molecule has 3 N–H and O–H groups in total. The molecule has 0 spiro atoms. The van der Waals surface area contributed by atoms with E-state index in [-0.39, 0.29) is 16.1 Å². The van der Waals surface area contributed by atoms with Gasteiger partial charge in [-0.15, -0.1) is 0 Å². The van der Waals surface area contributed by atoms with E-state index in [9.17, 15) is 8.42 Å².